The second kappa shape index (κ2) is 4.39. The van der Waals surface area contributed by atoms with Gasteiger partial charge in [-0.3, -0.25) is 0 Å². The second-order valence-electron chi connectivity index (χ2n) is 3.85. The van der Waals surface area contributed by atoms with Crippen LogP contribution in [0.4, 0.5) is 0 Å². The van der Waals surface area contributed by atoms with Crippen LogP contribution >= 0.6 is 0 Å². The summed E-state index contributed by atoms with van der Waals surface area (Å²) in [5, 5.41) is 1.19. The van der Waals surface area contributed by atoms with Gasteiger partial charge in [-0.1, -0.05) is 19.4 Å². The second-order valence-corrected chi connectivity index (χ2v) is 3.85. The number of hydrogen-bond donors (Lipinski definition) is 1. The van der Waals surface area contributed by atoms with E-state index in [1.807, 2.05) is 6.20 Å². The Morgan fingerprint density at radius 1 is 1.27 bits per heavy atom. The molecular weight excluding hydrogens is 186 g/mol. The van der Waals surface area contributed by atoms with E-state index in [4.69, 9.17) is 4.74 Å². The molecule has 0 radical (unpaired) electrons. The minimum atomic E-state index is 0.805. The molecule has 1 aromatic heterocycles. The number of benzene rings is 1. The summed E-state index contributed by atoms with van der Waals surface area (Å²) in [6.07, 6.45) is 4.24. The first-order chi connectivity index (χ1) is 7.33. The molecule has 80 valence electrons. The molecule has 0 fully saturated rings. The number of hydrogen-bond acceptors (Lipinski definition) is 1. The first kappa shape index (κ1) is 10.1. The van der Waals surface area contributed by atoms with E-state index < -0.39 is 0 Å². The van der Waals surface area contributed by atoms with Crippen molar-refractivity contribution in [1.29, 1.82) is 0 Å². The van der Waals surface area contributed by atoms with E-state index in [9.17, 15) is 0 Å². The van der Waals surface area contributed by atoms with Crippen LogP contribution in [0.25, 0.3) is 10.9 Å². The van der Waals surface area contributed by atoms with Crippen molar-refractivity contribution in [1.82, 2.24) is 4.98 Å². The molecule has 1 N–H and O–H groups in total. The summed E-state index contributed by atoms with van der Waals surface area (Å²) >= 11 is 0. The molecule has 0 amide bonds. The van der Waals surface area contributed by atoms with Gasteiger partial charge in [0.2, 0.25) is 0 Å². The molecule has 1 aromatic carbocycles. The van der Waals surface area contributed by atoms with Crippen LogP contribution in [0.3, 0.4) is 0 Å². The Labute approximate surface area is 90.3 Å². The normalized spacial score (nSPS) is 10.8. The number of ether oxygens (including phenoxy) is 1. The highest BCUT2D eigenvalue weighted by molar-refractivity contribution is 5.88. The molecule has 0 saturated carbocycles. The number of aromatic amines is 1. The van der Waals surface area contributed by atoms with Crippen LogP contribution in [0.5, 0.6) is 5.75 Å². The van der Waals surface area contributed by atoms with E-state index in [1.165, 1.54) is 22.9 Å². The largest absolute Gasteiger partial charge is 0.493 e. The zero-order valence-electron chi connectivity index (χ0n) is 9.34. The molecule has 0 atom stereocenters. The topological polar surface area (TPSA) is 25.0 Å². The molecule has 2 heteroatoms. The van der Waals surface area contributed by atoms with E-state index in [2.05, 4.69) is 37.0 Å². The SMILES string of the molecule is CCCCOc1ccc(C)c2[nH]ccc12. The summed E-state index contributed by atoms with van der Waals surface area (Å²) in [7, 11) is 0. The van der Waals surface area contributed by atoms with E-state index in [-0.39, 0.29) is 0 Å². The summed E-state index contributed by atoms with van der Waals surface area (Å²) in [5.74, 6) is 0.991. The van der Waals surface area contributed by atoms with Gasteiger partial charge in [-0.2, -0.15) is 0 Å². The molecule has 2 rings (SSSR count). The molecule has 1 heterocycles. The average molecular weight is 203 g/mol. The Balaban J connectivity index is 2.27. The summed E-state index contributed by atoms with van der Waals surface area (Å²) in [6, 6.07) is 6.23. The summed E-state index contributed by atoms with van der Waals surface area (Å²) in [4.78, 5) is 3.24. The van der Waals surface area contributed by atoms with Gasteiger partial charge < -0.3 is 9.72 Å². The highest BCUT2D eigenvalue weighted by Gasteiger charge is 2.04. The van der Waals surface area contributed by atoms with Gasteiger partial charge in [0.25, 0.3) is 0 Å². The molecule has 0 saturated heterocycles. The molecule has 0 spiro atoms. The quantitative estimate of drug-likeness (QED) is 0.754. The van der Waals surface area contributed by atoms with E-state index >= 15 is 0 Å². The third kappa shape index (κ3) is 1.99. The molecule has 0 aliphatic rings. The predicted molar refractivity (Wildman–Crippen MR) is 63.4 cm³/mol. The summed E-state index contributed by atoms with van der Waals surface area (Å²) < 4.78 is 5.75. The first-order valence-corrected chi connectivity index (χ1v) is 5.52. The fourth-order valence-electron chi connectivity index (χ4n) is 1.73. The maximum atomic E-state index is 5.75. The number of rotatable bonds is 4. The van der Waals surface area contributed by atoms with Gasteiger partial charge in [0.1, 0.15) is 5.75 Å². The van der Waals surface area contributed by atoms with Gasteiger partial charge in [0.15, 0.2) is 0 Å². The molecular formula is C13H17NO. The summed E-state index contributed by atoms with van der Waals surface area (Å²) in [6.45, 7) is 5.08. The molecule has 0 aliphatic carbocycles. The zero-order chi connectivity index (χ0) is 10.7. The average Bonchev–Trinajstić information content (AvgIpc) is 2.71. The van der Waals surface area contributed by atoms with Crippen LogP contribution < -0.4 is 4.74 Å². The van der Waals surface area contributed by atoms with Crippen molar-refractivity contribution in [3.63, 3.8) is 0 Å². The number of H-pyrrole nitrogens is 1. The van der Waals surface area contributed by atoms with Gasteiger partial charge in [0, 0.05) is 11.6 Å². The predicted octanol–water partition coefficient (Wildman–Crippen LogP) is 3.66. The molecule has 2 nitrogen and oxygen atoms in total. The lowest BCUT2D eigenvalue weighted by Gasteiger charge is -2.07. The maximum absolute atomic E-state index is 5.75. The van der Waals surface area contributed by atoms with Crippen molar-refractivity contribution < 1.29 is 4.74 Å². The van der Waals surface area contributed by atoms with Gasteiger partial charge >= 0.3 is 0 Å². The minimum Gasteiger partial charge on any atom is -0.493 e. The Bertz CT molecular complexity index is 445. The van der Waals surface area contributed by atoms with Crippen molar-refractivity contribution in [2.45, 2.75) is 26.7 Å². The van der Waals surface area contributed by atoms with Gasteiger partial charge in [-0.05, 0) is 31.0 Å². The number of fused-ring (bicyclic) bond motifs is 1. The smallest absolute Gasteiger partial charge is 0.128 e. The van der Waals surface area contributed by atoms with E-state index in [0.29, 0.717) is 0 Å². The molecule has 0 aliphatic heterocycles. The Kier molecular flexibility index (Phi) is 2.95. The Hall–Kier alpha value is -1.44. The minimum absolute atomic E-state index is 0.805. The van der Waals surface area contributed by atoms with Gasteiger partial charge in [0.05, 0.1) is 12.1 Å². The highest BCUT2D eigenvalue weighted by Crippen LogP contribution is 2.27. The van der Waals surface area contributed by atoms with E-state index in [1.54, 1.807) is 0 Å². The van der Waals surface area contributed by atoms with Crippen LogP contribution in [-0.2, 0) is 0 Å². The lowest BCUT2D eigenvalue weighted by atomic mass is 10.1. The van der Waals surface area contributed by atoms with Crippen molar-refractivity contribution in [3.05, 3.63) is 30.0 Å². The maximum Gasteiger partial charge on any atom is 0.128 e. The third-order valence-corrected chi connectivity index (χ3v) is 2.65. The first-order valence-electron chi connectivity index (χ1n) is 5.52. The van der Waals surface area contributed by atoms with E-state index in [0.717, 1.165) is 18.8 Å². The van der Waals surface area contributed by atoms with Crippen molar-refractivity contribution in [3.8, 4) is 5.75 Å². The molecule has 0 bridgehead atoms. The number of aromatic nitrogens is 1. The number of unbranched alkanes of at least 4 members (excludes halogenated alkanes) is 1. The standard InChI is InChI=1S/C13H17NO/c1-3-4-9-15-12-6-5-10(2)13-11(12)7-8-14-13/h5-8,14H,3-4,9H2,1-2H3. The number of aryl methyl sites for hydroxylation is 1. The van der Waals surface area contributed by atoms with Gasteiger partial charge in [-0.15, -0.1) is 0 Å². The summed E-state index contributed by atoms with van der Waals surface area (Å²) in [5.41, 5.74) is 2.45. The number of nitrogens with one attached hydrogen (secondary N) is 1. The molecule has 0 unspecified atom stereocenters. The fourth-order valence-corrected chi connectivity index (χ4v) is 1.73. The lowest BCUT2D eigenvalue weighted by molar-refractivity contribution is 0.313. The van der Waals surface area contributed by atoms with Crippen molar-refractivity contribution in [2.24, 2.45) is 0 Å². The third-order valence-electron chi connectivity index (χ3n) is 2.65. The van der Waals surface area contributed by atoms with Crippen molar-refractivity contribution >= 4 is 10.9 Å². The highest BCUT2D eigenvalue weighted by atomic mass is 16.5. The molecule has 15 heavy (non-hydrogen) atoms. The van der Waals surface area contributed by atoms with Crippen LogP contribution in [0.2, 0.25) is 0 Å². The Morgan fingerprint density at radius 2 is 2.13 bits per heavy atom. The Morgan fingerprint density at radius 3 is 2.93 bits per heavy atom. The monoisotopic (exact) mass is 203 g/mol. The van der Waals surface area contributed by atoms with Gasteiger partial charge in [-0.25, -0.2) is 0 Å². The van der Waals surface area contributed by atoms with Crippen LogP contribution in [-0.4, -0.2) is 11.6 Å². The van der Waals surface area contributed by atoms with Crippen LogP contribution in [0.1, 0.15) is 25.3 Å². The molecule has 2 aromatic rings. The van der Waals surface area contributed by atoms with Crippen LogP contribution in [0.15, 0.2) is 24.4 Å². The fraction of sp³-hybridized carbons (Fsp3) is 0.385. The van der Waals surface area contributed by atoms with Crippen molar-refractivity contribution in [2.75, 3.05) is 6.61 Å². The zero-order valence-corrected chi connectivity index (χ0v) is 9.34. The lowest BCUT2D eigenvalue weighted by Crippen LogP contribution is -1.96. The van der Waals surface area contributed by atoms with Crippen LogP contribution in [0, 0.1) is 6.92 Å².